The van der Waals surface area contributed by atoms with Gasteiger partial charge in [0.05, 0.1) is 10.4 Å². The van der Waals surface area contributed by atoms with Gasteiger partial charge in [0.15, 0.2) is 5.82 Å². The molecule has 0 aliphatic carbocycles. The quantitative estimate of drug-likeness (QED) is 0.497. The van der Waals surface area contributed by atoms with Gasteiger partial charge in [-0.1, -0.05) is 48.5 Å². The van der Waals surface area contributed by atoms with Gasteiger partial charge in [0.2, 0.25) is 0 Å². The highest BCUT2D eigenvalue weighted by atomic mass is 32.1. The van der Waals surface area contributed by atoms with Crippen LogP contribution in [0.3, 0.4) is 0 Å². The normalized spacial score (nSPS) is 10.7. The van der Waals surface area contributed by atoms with Crippen molar-refractivity contribution in [2.75, 3.05) is 18.4 Å². The maximum atomic E-state index is 12.0. The van der Waals surface area contributed by atoms with E-state index >= 15 is 0 Å². The highest BCUT2D eigenvalue weighted by Gasteiger charge is 2.09. The second kappa shape index (κ2) is 7.97. The largest absolute Gasteiger partial charge is 0.368 e. The first-order valence-electron chi connectivity index (χ1n) is 8.69. The number of aromatic nitrogens is 2. The molecule has 0 radical (unpaired) electrons. The number of para-hydroxylation sites is 1. The van der Waals surface area contributed by atoms with Crippen molar-refractivity contribution in [3.63, 3.8) is 0 Å². The molecule has 5 nitrogen and oxygen atoms in total. The van der Waals surface area contributed by atoms with E-state index in [1.54, 1.807) is 0 Å². The van der Waals surface area contributed by atoms with Gasteiger partial charge >= 0.3 is 0 Å². The van der Waals surface area contributed by atoms with E-state index < -0.39 is 0 Å². The molecule has 0 bridgehead atoms. The van der Waals surface area contributed by atoms with Gasteiger partial charge in [-0.25, -0.2) is 9.97 Å². The van der Waals surface area contributed by atoms with Crippen molar-refractivity contribution in [3.05, 3.63) is 77.0 Å². The van der Waals surface area contributed by atoms with Crippen LogP contribution in [0.25, 0.3) is 22.3 Å². The van der Waals surface area contributed by atoms with E-state index in [-0.39, 0.29) is 5.91 Å². The average Bonchev–Trinajstić information content (AvgIpc) is 3.26. The van der Waals surface area contributed by atoms with E-state index in [1.165, 1.54) is 11.3 Å². The molecular formula is C21H18N4OS. The molecule has 4 aromatic rings. The molecule has 2 N–H and O–H groups in total. The second-order valence-corrected chi connectivity index (χ2v) is 6.89. The van der Waals surface area contributed by atoms with Gasteiger partial charge in [-0.05, 0) is 23.6 Å². The molecule has 2 aromatic carbocycles. The summed E-state index contributed by atoms with van der Waals surface area (Å²) in [4.78, 5) is 22.1. The topological polar surface area (TPSA) is 66.9 Å². The van der Waals surface area contributed by atoms with Crippen LogP contribution in [0.5, 0.6) is 0 Å². The molecule has 2 heterocycles. The Hall–Kier alpha value is -3.25. The lowest BCUT2D eigenvalue weighted by molar-refractivity contribution is 0.0959. The van der Waals surface area contributed by atoms with E-state index in [2.05, 4.69) is 15.6 Å². The van der Waals surface area contributed by atoms with Crippen molar-refractivity contribution in [1.82, 2.24) is 15.3 Å². The Labute approximate surface area is 161 Å². The van der Waals surface area contributed by atoms with E-state index in [0.29, 0.717) is 23.8 Å². The number of thiophene rings is 1. The summed E-state index contributed by atoms with van der Waals surface area (Å²) in [6.45, 7) is 1.09. The number of benzene rings is 2. The van der Waals surface area contributed by atoms with Gasteiger partial charge in [0.1, 0.15) is 5.82 Å². The van der Waals surface area contributed by atoms with E-state index in [4.69, 9.17) is 4.98 Å². The number of carbonyl (C=O) groups excluding carboxylic acids is 1. The minimum absolute atomic E-state index is 0.0516. The summed E-state index contributed by atoms with van der Waals surface area (Å²) in [5.74, 6) is 1.40. The molecular weight excluding hydrogens is 356 g/mol. The Bertz CT molecular complexity index is 1050. The zero-order valence-corrected chi connectivity index (χ0v) is 15.4. The Balaban J connectivity index is 1.51. The fourth-order valence-corrected chi connectivity index (χ4v) is 3.42. The standard InChI is InChI=1S/C21H18N4OS/c26-21(18-11-6-14-27-18)23-13-12-22-20-16-9-4-5-10-17(16)24-19(25-20)15-7-2-1-3-8-15/h1-11,14H,12-13H2,(H,23,26)(H,22,24,25). The van der Waals surface area contributed by atoms with Crippen LogP contribution in [-0.2, 0) is 0 Å². The van der Waals surface area contributed by atoms with Gasteiger partial charge in [-0.15, -0.1) is 11.3 Å². The van der Waals surface area contributed by atoms with Crippen LogP contribution in [0.1, 0.15) is 9.67 Å². The van der Waals surface area contributed by atoms with Crippen LogP contribution in [0.15, 0.2) is 72.1 Å². The molecule has 0 saturated carbocycles. The monoisotopic (exact) mass is 374 g/mol. The van der Waals surface area contributed by atoms with Gasteiger partial charge in [-0.3, -0.25) is 4.79 Å². The molecule has 0 spiro atoms. The minimum Gasteiger partial charge on any atom is -0.368 e. The SMILES string of the molecule is O=C(NCCNc1nc(-c2ccccc2)nc2ccccc12)c1cccs1. The zero-order valence-electron chi connectivity index (χ0n) is 14.6. The Morgan fingerprint density at radius 3 is 2.52 bits per heavy atom. The molecule has 4 rings (SSSR count). The lowest BCUT2D eigenvalue weighted by atomic mass is 10.2. The van der Waals surface area contributed by atoms with Crippen molar-refractivity contribution in [1.29, 1.82) is 0 Å². The van der Waals surface area contributed by atoms with Crippen LogP contribution in [0, 0.1) is 0 Å². The van der Waals surface area contributed by atoms with Crippen LogP contribution < -0.4 is 10.6 Å². The maximum Gasteiger partial charge on any atom is 0.261 e. The number of hydrogen-bond acceptors (Lipinski definition) is 5. The zero-order chi connectivity index (χ0) is 18.5. The summed E-state index contributed by atoms with van der Waals surface area (Å²) in [6, 6.07) is 21.5. The number of carbonyl (C=O) groups is 1. The first-order chi connectivity index (χ1) is 13.3. The van der Waals surface area contributed by atoms with Crippen molar-refractivity contribution >= 4 is 34.0 Å². The number of fused-ring (bicyclic) bond motifs is 1. The predicted molar refractivity (Wildman–Crippen MR) is 110 cm³/mol. The summed E-state index contributed by atoms with van der Waals surface area (Å²) in [5, 5.41) is 9.11. The number of anilines is 1. The number of hydrogen-bond donors (Lipinski definition) is 2. The third kappa shape index (κ3) is 3.96. The van der Waals surface area contributed by atoms with E-state index in [9.17, 15) is 4.79 Å². The first kappa shape index (κ1) is 17.2. The molecule has 0 aliphatic rings. The number of nitrogens with one attached hydrogen (secondary N) is 2. The minimum atomic E-state index is -0.0516. The molecule has 2 aromatic heterocycles. The Kier molecular flexibility index (Phi) is 5.07. The number of amides is 1. The molecule has 0 unspecified atom stereocenters. The summed E-state index contributed by atoms with van der Waals surface area (Å²) in [6.07, 6.45) is 0. The van der Waals surface area contributed by atoms with Gasteiger partial charge in [0, 0.05) is 24.0 Å². The molecule has 6 heteroatoms. The van der Waals surface area contributed by atoms with Crippen molar-refractivity contribution in [2.24, 2.45) is 0 Å². The van der Waals surface area contributed by atoms with Gasteiger partial charge in [0.25, 0.3) is 5.91 Å². The van der Waals surface area contributed by atoms with Crippen LogP contribution >= 0.6 is 11.3 Å². The Morgan fingerprint density at radius 2 is 1.70 bits per heavy atom. The molecule has 1 amide bonds. The summed E-state index contributed by atoms with van der Waals surface area (Å²) < 4.78 is 0. The van der Waals surface area contributed by atoms with Crippen molar-refractivity contribution in [3.8, 4) is 11.4 Å². The highest BCUT2D eigenvalue weighted by Crippen LogP contribution is 2.24. The lowest BCUT2D eigenvalue weighted by Gasteiger charge is -2.11. The highest BCUT2D eigenvalue weighted by molar-refractivity contribution is 7.12. The first-order valence-corrected chi connectivity index (χ1v) is 9.57. The van der Waals surface area contributed by atoms with E-state index in [0.717, 1.165) is 22.3 Å². The molecule has 134 valence electrons. The summed E-state index contributed by atoms with van der Waals surface area (Å²) >= 11 is 1.43. The number of rotatable bonds is 6. The van der Waals surface area contributed by atoms with Crippen LogP contribution in [0.2, 0.25) is 0 Å². The number of nitrogens with zero attached hydrogens (tertiary/aromatic N) is 2. The lowest BCUT2D eigenvalue weighted by Crippen LogP contribution is -2.28. The molecule has 0 aliphatic heterocycles. The second-order valence-electron chi connectivity index (χ2n) is 5.94. The van der Waals surface area contributed by atoms with E-state index in [1.807, 2.05) is 72.1 Å². The van der Waals surface area contributed by atoms with Crippen molar-refractivity contribution < 1.29 is 4.79 Å². The average molecular weight is 374 g/mol. The molecule has 0 fully saturated rings. The van der Waals surface area contributed by atoms with Gasteiger partial charge < -0.3 is 10.6 Å². The maximum absolute atomic E-state index is 12.0. The van der Waals surface area contributed by atoms with Crippen LogP contribution in [0.4, 0.5) is 5.82 Å². The fourth-order valence-electron chi connectivity index (χ4n) is 2.78. The predicted octanol–water partition coefficient (Wildman–Crippen LogP) is 4.20. The molecule has 27 heavy (non-hydrogen) atoms. The summed E-state index contributed by atoms with van der Waals surface area (Å²) in [7, 11) is 0. The van der Waals surface area contributed by atoms with Gasteiger partial charge in [-0.2, -0.15) is 0 Å². The smallest absolute Gasteiger partial charge is 0.261 e. The summed E-state index contributed by atoms with van der Waals surface area (Å²) in [5.41, 5.74) is 1.86. The Morgan fingerprint density at radius 1 is 0.889 bits per heavy atom. The molecule has 0 atom stereocenters. The fraction of sp³-hybridized carbons (Fsp3) is 0.0952. The third-order valence-electron chi connectivity index (χ3n) is 4.08. The van der Waals surface area contributed by atoms with Crippen LogP contribution in [-0.4, -0.2) is 29.0 Å². The molecule has 0 saturated heterocycles. The third-order valence-corrected chi connectivity index (χ3v) is 4.95. The van der Waals surface area contributed by atoms with Crippen molar-refractivity contribution in [2.45, 2.75) is 0 Å².